The van der Waals surface area contributed by atoms with Gasteiger partial charge in [0.15, 0.2) is 5.96 Å². The van der Waals surface area contributed by atoms with Crippen molar-refractivity contribution in [3.63, 3.8) is 0 Å². The third-order valence-electron chi connectivity index (χ3n) is 2.37. The number of hydrogen-bond donors (Lipinski definition) is 2. The van der Waals surface area contributed by atoms with Crippen LogP contribution in [0, 0.1) is 13.8 Å². The second kappa shape index (κ2) is 8.05. The summed E-state index contributed by atoms with van der Waals surface area (Å²) in [5, 5.41) is 4.14. The van der Waals surface area contributed by atoms with E-state index in [0.717, 1.165) is 36.9 Å². The highest BCUT2D eigenvalue weighted by molar-refractivity contribution is 7.11. The number of aryl methyl sites for hydroxylation is 2. The number of guanidine groups is 1. The molecular formula is C12H22N4OS. The Morgan fingerprint density at radius 1 is 1.50 bits per heavy atom. The van der Waals surface area contributed by atoms with Gasteiger partial charge in [0.1, 0.15) is 0 Å². The van der Waals surface area contributed by atoms with Gasteiger partial charge in [-0.25, -0.2) is 9.98 Å². The zero-order valence-electron chi connectivity index (χ0n) is 11.3. The number of nitrogens with two attached hydrogens (primary N) is 1. The van der Waals surface area contributed by atoms with Crippen molar-refractivity contribution in [2.75, 3.05) is 19.8 Å². The number of nitrogens with zero attached hydrogens (tertiary/aromatic N) is 2. The predicted octanol–water partition coefficient (Wildman–Crippen LogP) is 1.59. The van der Waals surface area contributed by atoms with Gasteiger partial charge in [0.25, 0.3) is 0 Å². The first-order valence-electron chi connectivity index (χ1n) is 6.18. The van der Waals surface area contributed by atoms with Gasteiger partial charge in [-0.3, -0.25) is 0 Å². The number of aromatic nitrogens is 1. The largest absolute Gasteiger partial charge is 0.382 e. The lowest BCUT2D eigenvalue weighted by atomic mass is 10.4. The number of hydrogen-bond acceptors (Lipinski definition) is 4. The molecular weight excluding hydrogens is 248 g/mol. The smallest absolute Gasteiger partial charge is 0.188 e. The molecule has 1 aromatic rings. The molecule has 0 aliphatic carbocycles. The van der Waals surface area contributed by atoms with E-state index >= 15 is 0 Å². The van der Waals surface area contributed by atoms with Crippen LogP contribution < -0.4 is 11.1 Å². The summed E-state index contributed by atoms with van der Waals surface area (Å²) in [4.78, 5) is 9.83. The third kappa shape index (κ3) is 5.46. The van der Waals surface area contributed by atoms with Crippen LogP contribution in [0.2, 0.25) is 0 Å². The molecule has 5 nitrogen and oxygen atoms in total. The zero-order valence-corrected chi connectivity index (χ0v) is 12.1. The Kier molecular flexibility index (Phi) is 6.67. The standard InChI is InChI=1S/C12H22N4OS/c1-4-17-7-5-6-14-12(13)15-8-11-9(2)16-10(3)18-11/h4-8H2,1-3H3,(H3,13,14,15). The molecule has 0 aliphatic heterocycles. The predicted molar refractivity (Wildman–Crippen MR) is 76.0 cm³/mol. The molecule has 0 fully saturated rings. The molecule has 0 aliphatic rings. The van der Waals surface area contributed by atoms with Crippen LogP contribution >= 0.6 is 11.3 Å². The highest BCUT2D eigenvalue weighted by Gasteiger charge is 2.03. The Morgan fingerprint density at radius 3 is 2.89 bits per heavy atom. The Bertz CT molecular complexity index is 389. The van der Waals surface area contributed by atoms with Gasteiger partial charge in [0.05, 0.1) is 17.2 Å². The Balaban J connectivity index is 2.27. The summed E-state index contributed by atoms with van der Waals surface area (Å²) in [5.41, 5.74) is 6.82. The minimum Gasteiger partial charge on any atom is -0.382 e. The maximum atomic E-state index is 5.78. The summed E-state index contributed by atoms with van der Waals surface area (Å²) < 4.78 is 5.24. The van der Waals surface area contributed by atoms with Gasteiger partial charge in [-0.1, -0.05) is 0 Å². The molecule has 102 valence electrons. The lowest BCUT2D eigenvalue weighted by Gasteiger charge is -2.05. The monoisotopic (exact) mass is 270 g/mol. The molecule has 1 rings (SSSR count). The highest BCUT2D eigenvalue weighted by atomic mass is 32.1. The summed E-state index contributed by atoms with van der Waals surface area (Å²) in [5.74, 6) is 0.483. The van der Waals surface area contributed by atoms with Crippen LogP contribution in [-0.4, -0.2) is 30.7 Å². The van der Waals surface area contributed by atoms with Crippen LogP contribution in [0.4, 0.5) is 0 Å². The minimum absolute atomic E-state index is 0.483. The zero-order chi connectivity index (χ0) is 13.4. The SMILES string of the molecule is CCOCCCNC(N)=NCc1sc(C)nc1C. The topological polar surface area (TPSA) is 72.5 Å². The van der Waals surface area contributed by atoms with Crippen LogP contribution in [0.5, 0.6) is 0 Å². The Hall–Kier alpha value is -1.14. The molecule has 1 aromatic heterocycles. The Labute approximate surface area is 112 Å². The number of ether oxygens (including phenoxy) is 1. The van der Waals surface area contributed by atoms with Crippen molar-refractivity contribution >= 4 is 17.3 Å². The van der Waals surface area contributed by atoms with Crippen LogP contribution in [0.1, 0.15) is 28.9 Å². The van der Waals surface area contributed by atoms with Gasteiger partial charge >= 0.3 is 0 Å². The average Bonchev–Trinajstić information content (AvgIpc) is 2.65. The first-order chi connectivity index (χ1) is 8.63. The van der Waals surface area contributed by atoms with Crippen molar-refractivity contribution in [1.82, 2.24) is 10.3 Å². The number of rotatable bonds is 7. The van der Waals surface area contributed by atoms with Crippen molar-refractivity contribution in [2.45, 2.75) is 33.7 Å². The summed E-state index contributed by atoms with van der Waals surface area (Å²) in [6.07, 6.45) is 0.933. The molecule has 0 aromatic carbocycles. The van der Waals surface area contributed by atoms with Gasteiger partial charge in [0.2, 0.25) is 0 Å². The highest BCUT2D eigenvalue weighted by Crippen LogP contribution is 2.17. The summed E-state index contributed by atoms with van der Waals surface area (Å²) in [6, 6.07) is 0. The van der Waals surface area contributed by atoms with Crippen molar-refractivity contribution in [2.24, 2.45) is 10.7 Å². The number of aliphatic imine (C=N–C) groups is 1. The van der Waals surface area contributed by atoms with Crippen LogP contribution in [0.15, 0.2) is 4.99 Å². The third-order valence-corrected chi connectivity index (χ3v) is 3.43. The molecule has 0 atom stereocenters. The van der Waals surface area contributed by atoms with E-state index in [-0.39, 0.29) is 0 Å². The molecule has 6 heteroatoms. The van der Waals surface area contributed by atoms with E-state index in [9.17, 15) is 0 Å². The normalized spacial score (nSPS) is 11.8. The molecule has 0 radical (unpaired) electrons. The van der Waals surface area contributed by atoms with Crippen LogP contribution in [0.3, 0.4) is 0 Å². The molecule has 0 saturated heterocycles. The minimum atomic E-state index is 0.483. The first kappa shape index (κ1) is 14.9. The molecule has 0 spiro atoms. The molecule has 0 amide bonds. The maximum Gasteiger partial charge on any atom is 0.188 e. The van der Waals surface area contributed by atoms with E-state index < -0.39 is 0 Å². The maximum absolute atomic E-state index is 5.78. The fraction of sp³-hybridized carbons (Fsp3) is 0.667. The lowest BCUT2D eigenvalue weighted by Crippen LogP contribution is -2.32. The first-order valence-corrected chi connectivity index (χ1v) is 6.99. The van der Waals surface area contributed by atoms with E-state index in [1.807, 2.05) is 20.8 Å². The second-order valence-corrected chi connectivity index (χ2v) is 5.21. The van der Waals surface area contributed by atoms with Gasteiger partial charge < -0.3 is 15.8 Å². The van der Waals surface area contributed by atoms with Gasteiger partial charge in [0, 0.05) is 24.6 Å². The molecule has 3 N–H and O–H groups in total. The second-order valence-electron chi connectivity index (χ2n) is 3.92. The summed E-state index contributed by atoms with van der Waals surface area (Å²) in [7, 11) is 0. The fourth-order valence-corrected chi connectivity index (χ4v) is 2.33. The lowest BCUT2D eigenvalue weighted by molar-refractivity contribution is 0.145. The van der Waals surface area contributed by atoms with Crippen molar-refractivity contribution in [1.29, 1.82) is 0 Å². The van der Waals surface area contributed by atoms with Crippen LogP contribution in [0.25, 0.3) is 0 Å². The van der Waals surface area contributed by atoms with E-state index in [1.54, 1.807) is 11.3 Å². The van der Waals surface area contributed by atoms with E-state index in [2.05, 4.69) is 15.3 Å². The van der Waals surface area contributed by atoms with E-state index in [4.69, 9.17) is 10.5 Å². The summed E-state index contributed by atoms with van der Waals surface area (Å²) in [6.45, 7) is 8.89. The van der Waals surface area contributed by atoms with Crippen molar-refractivity contribution in [3.05, 3.63) is 15.6 Å². The molecule has 1 heterocycles. The summed E-state index contributed by atoms with van der Waals surface area (Å²) >= 11 is 1.67. The molecule has 0 saturated carbocycles. The van der Waals surface area contributed by atoms with Crippen LogP contribution in [-0.2, 0) is 11.3 Å². The van der Waals surface area contributed by atoms with Gasteiger partial charge in [-0.15, -0.1) is 11.3 Å². The van der Waals surface area contributed by atoms with Crippen molar-refractivity contribution < 1.29 is 4.74 Å². The van der Waals surface area contributed by atoms with E-state index in [0.29, 0.717) is 12.5 Å². The number of thiazole rings is 1. The number of nitrogens with one attached hydrogen (secondary N) is 1. The van der Waals surface area contributed by atoms with E-state index in [1.165, 1.54) is 4.88 Å². The molecule has 0 unspecified atom stereocenters. The van der Waals surface area contributed by atoms with Gasteiger partial charge in [-0.05, 0) is 27.2 Å². The quantitative estimate of drug-likeness (QED) is 0.448. The molecule has 0 bridgehead atoms. The Morgan fingerprint density at radius 2 is 2.28 bits per heavy atom. The molecule has 18 heavy (non-hydrogen) atoms. The van der Waals surface area contributed by atoms with Gasteiger partial charge in [-0.2, -0.15) is 0 Å². The average molecular weight is 270 g/mol. The van der Waals surface area contributed by atoms with Crippen molar-refractivity contribution in [3.8, 4) is 0 Å². The fourth-order valence-electron chi connectivity index (χ4n) is 1.47.